The SMILES string of the molecule is O=C(Nc1ccccn1)c1ccc2c3c(cccc13)CC2. The van der Waals surface area contributed by atoms with Crippen LogP contribution in [0.2, 0.25) is 0 Å². The molecule has 1 amide bonds. The highest BCUT2D eigenvalue weighted by Crippen LogP contribution is 2.32. The number of amides is 1. The van der Waals surface area contributed by atoms with E-state index in [0.717, 1.165) is 18.2 Å². The van der Waals surface area contributed by atoms with Crippen molar-refractivity contribution in [3.8, 4) is 0 Å². The molecular formula is C18H14N2O. The number of hydrogen-bond donors (Lipinski definition) is 1. The van der Waals surface area contributed by atoms with Gasteiger partial charge in [0.25, 0.3) is 5.91 Å². The highest BCUT2D eigenvalue weighted by atomic mass is 16.1. The number of aromatic nitrogens is 1. The van der Waals surface area contributed by atoms with Crippen molar-refractivity contribution in [1.82, 2.24) is 4.98 Å². The van der Waals surface area contributed by atoms with Gasteiger partial charge in [0.15, 0.2) is 0 Å². The number of carbonyl (C=O) groups is 1. The average Bonchev–Trinajstić information content (AvgIpc) is 2.94. The molecule has 0 aliphatic heterocycles. The molecule has 21 heavy (non-hydrogen) atoms. The summed E-state index contributed by atoms with van der Waals surface area (Å²) in [6.07, 6.45) is 3.80. The Kier molecular flexibility index (Phi) is 2.71. The van der Waals surface area contributed by atoms with E-state index in [-0.39, 0.29) is 5.91 Å². The summed E-state index contributed by atoms with van der Waals surface area (Å²) in [7, 11) is 0. The van der Waals surface area contributed by atoms with Gasteiger partial charge in [0.05, 0.1) is 0 Å². The topological polar surface area (TPSA) is 42.0 Å². The first-order valence-electron chi connectivity index (χ1n) is 7.09. The molecule has 1 N–H and O–H groups in total. The van der Waals surface area contributed by atoms with E-state index < -0.39 is 0 Å². The van der Waals surface area contributed by atoms with Crippen molar-refractivity contribution in [2.24, 2.45) is 0 Å². The van der Waals surface area contributed by atoms with E-state index in [1.165, 1.54) is 16.5 Å². The highest BCUT2D eigenvalue weighted by Gasteiger charge is 2.18. The van der Waals surface area contributed by atoms with Gasteiger partial charge in [0.2, 0.25) is 0 Å². The molecule has 0 saturated heterocycles. The number of anilines is 1. The minimum absolute atomic E-state index is 0.107. The van der Waals surface area contributed by atoms with Crippen molar-refractivity contribution in [2.75, 3.05) is 5.32 Å². The standard InChI is InChI=1S/C18H14N2O/c21-18(20-16-6-1-2-11-19-16)15-10-9-13-8-7-12-4-3-5-14(15)17(12)13/h1-6,9-11H,7-8H2,(H,19,20,21). The maximum atomic E-state index is 12.5. The minimum Gasteiger partial charge on any atom is -0.307 e. The number of rotatable bonds is 2. The van der Waals surface area contributed by atoms with Gasteiger partial charge in [0, 0.05) is 11.8 Å². The van der Waals surface area contributed by atoms with Crippen molar-refractivity contribution in [3.63, 3.8) is 0 Å². The van der Waals surface area contributed by atoms with Gasteiger partial charge >= 0.3 is 0 Å². The fourth-order valence-corrected chi connectivity index (χ4v) is 3.07. The third-order valence-electron chi connectivity index (χ3n) is 4.03. The Bertz CT molecular complexity index is 830. The molecule has 0 fully saturated rings. The summed E-state index contributed by atoms with van der Waals surface area (Å²) in [5.41, 5.74) is 3.40. The van der Waals surface area contributed by atoms with Crippen molar-refractivity contribution >= 4 is 22.5 Å². The Morgan fingerprint density at radius 3 is 2.62 bits per heavy atom. The van der Waals surface area contributed by atoms with E-state index >= 15 is 0 Å². The van der Waals surface area contributed by atoms with Gasteiger partial charge in [0.1, 0.15) is 5.82 Å². The lowest BCUT2D eigenvalue weighted by molar-refractivity contribution is 0.102. The second kappa shape index (κ2) is 4.70. The summed E-state index contributed by atoms with van der Waals surface area (Å²) in [6.45, 7) is 0. The number of aryl methyl sites for hydroxylation is 2. The number of nitrogens with zero attached hydrogens (tertiary/aromatic N) is 1. The molecule has 1 aliphatic rings. The summed E-state index contributed by atoms with van der Waals surface area (Å²) >= 11 is 0. The first-order chi connectivity index (χ1) is 10.3. The van der Waals surface area contributed by atoms with Gasteiger partial charge in [-0.05, 0) is 52.9 Å². The predicted octanol–water partition coefficient (Wildman–Crippen LogP) is 3.59. The van der Waals surface area contributed by atoms with Crippen LogP contribution >= 0.6 is 0 Å². The van der Waals surface area contributed by atoms with Crippen LogP contribution in [0.3, 0.4) is 0 Å². The fourth-order valence-electron chi connectivity index (χ4n) is 3.07. The average molecular weight is 274 g/mol. The molecule has 102 valence electrons. The zero-order valence-corrected chi connectivity index (χ0v) is 11.5. The molecule has 3 heteroatoms. The lowest BCUT2D eigenvalue weighted by Gasteiger charge is -2.09. The van der Waals surface area contributed by atoms with Gasteiger partial charge in [-0.25, -0.2) is 4.98 Å². The van der Waals surface area contributed by atoms with Gasteiger partial charge in [-0.1, -0.05) is 30.3 Å². The van der Waals surface area contributed by atoms with Crippen LogP contribution in [-0.2, 0) is 12.8 Å². The summed E-state index contributed by atoms with van der Waals surface area (Å²) < 4.78 is 0. The van der Waals surface area contributed by atoms with Gasteiger partial charge in [-0.15, -0.1) is 0 Å². The monoisotopic (exact) mass is 274 g/mol. The van der Waals surface area contributed by atoms with Crippen molar-refractivity contribution < 1.29 is 4.79 Å². The summed E-state index contributed by atoms with van der Waals surface area (Å²) in [4.78, 5) is 16.7. The van der Waals surface area contributed by atoms with E-state index in [2.05, 4.69) is 22.4 Å². The number of benzene rings is 2. The van der Waals surface area contributed by atoms with Crippen LogP contribution in [0.25, 0.3) is 10.8 Å². The smallest absolute Gasteiger partial charge is 0.257 e. The molecule has 0 atom stereocenters. The molecular weight excluding hydrogens is 260 g/mol. The largest absolute Gasteiger partial charge is 0.307 e. The first kappa shape index (κ1) is 12.1. The molecule has 2 aromatic carbocycles. The third kappa shape index (κ3) is 1.98. The van der Waals surface area contributed by atoms with Crippen LogP contribution in [0.1, 0.15) is 21.5 Å². The van der Waals surface area contributed by atoms with Crippen LogP contribution in [0, 0.1) is 0 Å². The molecule has 0 bridgehead atoms. The Balaban J connectivity index is 1.79. The molecule has 0 saturated carbocycles. The molecule has 1 aliphatic carbocycles. The Morgan fingerprint density at radius 2 is 1.81 bits per heavy atom. The fraction of sp³-hybridized carbons (Fsp3) is 0.111. The Hall–Kier alpha value is -2.68. The van der Waals surface area contributed by atoms with E-state index in [9.17, 15) is 4.79 Å². The van der Waals surface area contributed by atoms with Crippen LogP contribution in [-0.4, -0.2) is 10.9 Å². The summed E-state index contributed by atoms with van der Waals surface area (Å²) in [5.74, 6) is 0.468. The molecule has 1 aromatic heterocycles. The van der Waals surface area contributed by atoms with Crippen LogP contribution in [0.15, 0.2) is 54.7 Å². The highest BCUT2D eigenvalue weighted by molar-refractivity contribution is 6.14. The van der Waals surface area contributed by atoms with Crippen LogP contribution in [0.5, 0.6) is 0 Å². The van der Waals surface area contributed by atoms with E-state index in [1.54, 1.807) is 12.3 Å². The van der Waals surface area contributed by atoms with Gasteiger partial charge < -0.3 is 5.32 Å². The van der Waals surface area contributed by atoms with Gasteiger partial charge in [-0.2, -0.15) is 0 Å². The van der Waals surface area contributed by atoms with Crippen molar-refractivity contribution in [3.05, 3.63) is 71.4 Å². The van der Waals surface area contributed by atoms with Gasteiger partial charge in [-0.3, -0.25) is 4.79 Å². The normalized spacial score (nSPS) is 12.6. The van der Waals surface area contributed by atoms with E-state index in [0.29, 0.717) is 11.4 Å². The molecule has 1 heterocycles. The second-order valence-electron chi connectivity index (χ2n) is 5.28. The van der Waals surface area contributed by atoms with Crippen molar-refractivity contribution in [2.45, 2.75) is 12.8 Å². The number of carbonyl (C=O) groups excluding carboxylic acids is 1. The van der Waals surface area contributed by atoms with Crippen LogP contribution < -0.4 is 5.32 Å². The zero-order valence-electron chi connectivity index (χ0n) is 11.5. The number of nitrogens with one attached hydrogen (secondary N) is 1. The number of pyridine rings is 1. The summed E-state index contributed by atoms with van der Waals surface area (Å²) in [6, 6.07) is 15.7. The maximum Gasteiger partial charge on any atom is 0.257 e. The second-order valence-corrected chi connectivity index (χ2v) is 5.28. The van der Waals surface area contributed by atoms with E-state index in [1.807, 2.05) is 30.3 Å². The maximum absolute atomic E-state index is 12.5. The zero-order chi connectivity index (χ0) is 14.2. The van der Waals surface area contributed by atoms with Crippen LogP contribution in [0.4, 0.5) is 5.82 Å². The number of hydrogen-bond acceptors (Lipinski definition) is 2. The quantitative estimate of drug-likeness (QED) is 0.776. The lowest BCUT2D eigenvalue weighted by atomic mass is 9.99. The molecule has 0 unspecified atom stereocenters. The molecule has 0 radical (unpaired) electrons. The molecule has 0 spiro atoms. The third-order valence-corrected chi connectivity index (χ3v) is 4.03. The lowest BCUT2D eigenvalue weighted by Crippen LogP contribution is -2.13. The molecule has 3 nitrogen and oxygen atoms in total. The van der Waals surface area contributed by atoms with E-state index in [4.69, 9.17) is 0 Å². The van der Waals surface area contributed by atoms with Crippen molar-refractivity contribution in [1.29, 1.82) is 0 Å². The minimum atomic E-state index is -0.107. The molecule has 4 rings (SSSR count). The summed E-state index contributed by atoms with van der Waals surface area (Å²) in [5, 5.41) is 5.15. The Labute approximate surface area is 122 Å². The molecule has 3 aromatic rings. The Morgan fingerprint density at radius 1 is 0.952 bits per heavy atom. The predicted molar refractivity (Wildman–Crippen MR) is 83.5 cm³/mol. The first-order valence-corrected chi connectivity index (χ1v) is 7.09.